The Morgan fingerprint density at radius 2 is 1.88 bits per heavy atom. The SMILES string of the molecule is O=C(Cc1csc(NC(=O)C2CCCC2)n1)Nc1ccc(Br)cc1. The van der Waals surface area contributed by atoms with Crippen molar-refractivity contribution in [2.45, 2.75) is 32.1 Å². The lowest BCUT2D eigenvalue weighted by molar-refractivity contribution is -0.119. The van der Waals surface area contributed by atoms with Gasteiger partial charge in [-0.05, 0) is 37.1 Å². The fraction of sp³-hybridized carbons (Fsp3) is 0.353. The van der Waals surface area contributed by atoms with Crippen molar-refractivity contribution in [3.63, 3.8) is 0 Å². The highest BCUT2D eigenvalue weighted by Gasteiger charge is 2.23. The van der Waals surface area contributed by atoms with Crippen molar-refractivity contribution in [3.05, 3.63) is 39.8 Å². The lowest BCUT2D eigenvalue weighted by Crippen LogP contribution is -2.20. The number of thiazole rings is 1. The van der Waals surface area contributed by atoms with Crippen molar-refractivity contribution in [2.75, 3.05) is 10.6 Å². The number of anilines is 2. The van der Waals surface area contributed by atoms with E-state index in [0.29, 0.717) is 10.8 Å². The maximum atomic E-state index is 12.1. The van der Waals surface area contributed by atoms with Crippen molar-refractivity contribution in [1.82, 2.24) is 4.98 Å². The van der Waals surface area contributed by atoms with Gasteiger partial charge in [-0.15, -0.1) is 11.3 Å². The summed E-state index contributed by atoms with van der Waals surface area (Å²) in [6.07, 6.45) is 4.35. The van der Waals surface area contributed by atoms with Crippen LogP contribution in [0.5, 0.6) is 0 Å². The highest BCUT2D eigenvalue weighted by atomic mass is 79.9. The number of hydrogen-bond donors (Lipinski definition) is 2. The molecule has 2 aromatic rings. The molecule has 0 radical (unpaired) electrons. The molecule has 0 unspecified atom stereocenters. The van der Waals surface area contributed by atoms with Crippen LogP contribution in [0, 0.1) is 5.92 Å². The number of carbonyl (C=O) groups is 2. The fourth-order valence-electron chi connectivity index (χ4n) is 2.74. The van der Waals surface area contributed by atoms with Gasteiger partial charge in [0.25, 0.3) is 0 Å². The number of nitrogens with zero attached hydrogens (tertiary/aromatic N) is 1. The second-order valence-corrected chi connectivity index (χ2v) is 7.62. The molecular formula is C17H18BrN3O2S. The average Bonchev–Trinajstić information content (AvgIpc) is 3.21. The lowest BCUT2D eigenvalue weighted by Gasteiger charge is -2.07. The normalized spacial score (nSPS) is 14.5. The first-order valence-corrected chi connectivity index (χ1v) is 9.58. The molecule has 0 saturated heterocycles. The third kappa shape index (κ3) is 4.64. The molecule has 0 spiro atoms. The van der Waals surface area contributed by atoms with Crippen molar-refractivity contribution in [2.24, 2.45) is 5.92 Å². The Morgan fingerprint density at radius 3 is 2.58 bits per heavy atom. The van der Waals surface area contributed by atoms with Crippen molar-refractivity contribution < 1.29 is 9.59 Å². The summed E-state index contributed by atoms with van der Waals surface area (Å²) in [6, 6.07) is 7.40. The van der Waals surface area contributed by atoms with E-state index in [1.807, 2.05) is 29.6 Å². The predicted molar refractivity (Wildman–Crippen MR) is 99.2 cm³/mol. The first-order chi connectivity index (χ1) is 11.6. The summed E-state index contributed by atoms with van der Waals surface area (Å²) in [7, 11) is 0. The van der Waals surface area contributed by atoms with Crippen molar-refractivity contribution in [3.8, 4) is 0 Å². The van der Waals surface area contributed by atoms with Gasteiger partial charge in [0.15, 0.2) is 5.13 Å². The molecule has 5 nitrogen and oxygen atoms in total. The van der Waals surface area contributed by atoms with Crippen LogP contribution in [0.2, 0.25) is 0 Å². The molecule has 24 heavy (non-hydrogen) atoms. The minimum Gasteiger partial charge on any atom is -0.326 e. The minimum absolute atomic E-state index is 0.0488. The Labute approximate surface area is 153 Å². The van der Waals surface area contributed by atoms with Crippen LogP contribution < -0.4 is 10.6 Å². The summed E-state index contributed by atoms with van der Waals surface area (Å²) in [5.41, 5.74) is 1.41. The van der Waals surface area contributed by atoms with E-state index < -0.39 is 0 Å². The molecule has 0 atom stereocenters. The summed E-state index contributed by atoms with van der Waals surface area (Å²) in [4.78, 5) is 28.5. The standard InChI is InChI=1S/C17H18BrN3O2S/c18-12-5-7-13(8-6-12)19-15(22)9-14-10-24-17(20-14)21-16(23)11-3-1-2-4-11/h5-8,10-11H,1-4,9H2,(H,19,22)(H,20,21,23). The number of amides is 2. The van der Waals surface area contributed by atoms with E-state index >= 15 is 0 Å². The molecule has 1 fully saturated rings. The molecule has 0 aliphatic heterocycles. The van der Waals surface area contributed by atoms with Gasteiger partial charge in [0.05, 0.1) is 12.1 Å². The molecule has 2 amide bonds. The Hall–Kier alpha value is -1.73. The molecule has 1 saturated carbocycles. The Kier molecular flexibility index (Phi) is 5.63. The third-order valence-electron chi connectivity index (χ3n) is 3.98. The molecule has 1 aromatic carbocycles. The molecule has 126 valence electrons. The maximum Gasteiger partial charge on any atom is 0.230 e. The van der Waals surface area contributed by atoms with Crippen LogP contribution in [0.25, 0.3) is 0 Å². The topological polar surface area (TPSA) is 71.1 Å². The molecule has 2 N–H and O–H groups in total. The number of carbonyl (C=O) groups excluding carboxylic acids is 2. The summed E-state index contributed by atoms with van der Waals surface area (Å²) in [6.45, 7) is 0. The largest absolute Gasteiger partial charge is 0.326 e. The van der Waals surface area contributed by atoms with Crippen molar-refractivity contribution in [1.29, 1.82) is 0 Å². The van der Waals surface area contributed by atoms with Crippen LogP contribution in [0.15, 0.2) is 34.1 Å². The van der Waals surface area contributed by atoms with Gasteiger partial charge in [-0.1, -0.05) is 28.8 Å². The van der Waals surface area contributed by atoms with E-state index in [1.54, 1.807) is 0 Å². The van der Waals surface area contributed by atoms with Crippen LogP contribution in [-0.4, -0.2) is 16.8 Å². The van der Waals surface area contributed by atoms with E-state index in [0.717, 1.165) is 35.8 Å². The number of halogens is 1. The van der Waals surface area contributed by atoms with Gasteiger partial charge < -0.3 is 10.6 Å². The number of benzene rings is 1. The highest BCUT2D eigenvalue weighted by Crippen LogP contribution is 2.26. The van der Waals surface area contributed by atoms with Gasteiger partial charge in [-0.25, -0.2) is 4.98 Å². The van der Waals surface area contributed by atoms with Crippen LogP contribution in [0.1, 0.15) is 31.4 Å². The maximum absolute atomic E-state index is 12.1. The third-order valence-corrected chi connectivity index (χ3v) is 5.31. The Balaban J connectivity index is 1.52. The van der Waals surface area contributed by atoms with Crippen LogP contribution in [-0.2, 0) is 16.0 Å². The zero-order valence-electron chi connectivity index (χ0n) is 13.0. The second-order valence-electron chi connectivity index (χ2n) is 5.85. The number of rotatable bonds is 5. The van der Waals surface area contributed by atoms with E-state index in [1.165, 1.54) is 11.3 Å². The average molecular weight is 408 g/mol. The molecular weight excluding hydrogens is 390 g/mol. The zero-order chi connectivity index (χ0) is 16.9. The first kappa shape index (κ1) is 17.1. The van der Waals surface area contributed by atoms with Crippen LogP contribution in [0.3, 0.4) is 0 Å². The summed E-state index contributed by atoms with van der Waals surface area (Å²) in [5.74, 6) is 0.0297. The molecule has 1 aromatic heterocycles. The van der Waals surface area contributed by atoms with Gasteiger partial charge in [-0.2, -0.15) is 0 Å². The number of hydrogen-bond acceptors (Lipinski definition) is 4. The summed E-state index contributed by atoms with van der Waals surface area (Å²) < 4.78 is 0.961. The first-order valence-electron chi connectivity index (χ1n) is 7.91. The van der Waals surface area contributed by atoms with E-state index in [4.69, 9.17) is 0 Å². The Bertz CT molecular complexity index is 724. The minimum atomic E-state index is -0.128. The molecule has 1 aliphatic rings. The molecule has 7 heteroatoms. The smallest absolute Gasteiger partial charge is 0.230 e. The van der Waals surface area contributed by atoms with E-state index in [9.17, 15) is 9.59 Å². The number of aromatic nitrogens is 1. The zero-order valence-corrected chi connectivity index (χ0v) is 15.5. The second kappa shape index (κ2) is 7.90. The Morgan fingerprint density at radius 1 is 1.17 bits per heavy atom. The number of nitrogens with one attached hydrogen (secondary N) is 2. The van der Waals surface area contributed by atoms with Crippen molar-refractivity contribution >= 4 is 49.9 Å². The molecule has 1 aliphatic carbocycles. The summed E-state index contributed by atoms with van der Waals surface area (Å²) in [5, 5.41) is 8.07. The van der Waals surface area contributed by atoms with E-state index in [-0.39, 0.29) is 24.2 Å². The summed E-state index contributed by atoms with van der Waals surface area (Å²) >= 11 is 4.71. The lowest BCUT2D eigenvalue weighted by atomic mass is 10.1. The molecule has 1 heterocycles. The van der Waals surface area contributed by atoms with Gasteiger partial charge in [0, 0.05) is 21.5 Å². The van der Waals surface area contributed by atoms with Crippen LogP contribution in [0.4, 0.5) is 10.8 Å². The molecule has 3 rings (SSSR count). The molecule has 0 bridgehead atoms. The monoisotopic (exact) mass is 407 g/mol. The van der Waals surface area contributed by atoms with E-state index in [2.05, 4.69) is 31.5 Å². The van der Waals surface area contributed by atoms with Gasteiger partial charge in [0.2, 0.25) is 11.8 Å². The predicted octanol–water partition coefficient (Wildman–Crippen LogP) is 4.22. The van der Waals surface area contributed by atoms with Gasteiger partial charge in [-0.3, -0.25) is 9.59 Å². The van der Waals surface area contributed by atoms with Gasteiger partial charge >= 0.3 is 0 Å². The fourth-order valence-corrected chi connectivity index (χ4v) is 3.72. The quantitative estimate of drug-likeness (QED) is 0.779. The van der Waals surface area contributed by atoms with Crippen LogP contribution >= 0.6 is 27.3 Å². The highest BCUT2D eigenvalue weighted by molar-refractivity contribution is 9.10. The van der Waals surface area contributed by atoms with Gasteiger partial charge in [0.1, 0.15) is 0 Å².